The molecule has 0 unspecified atom stereocenters. The van der Waals surface area contributed by atoms with Gasteiger partial charge in [0.1, 0.15) is 0 Å². The van der Waals surface area contributed by atoms with Crippen LogP contribution in [0.25, 0.3) is 0 Å². The molecule has 18 heteroatoms. The maximum absolute atomic E-state index is 13.0. The summed E-state index contributed by atoms with van der Waals surface area (Å²) in [6.45, 7) is -2.94. The maximum Gasteiger partial charge on any atom is 0.395 e. The molecule has 0 atom stereocenters. The second-order valence-electron chi connectivity index (χ2n) is 4.80. The van der Waals surface area contributed by atoms with E-state index in [1.54, 1.807) is 0 Å². The number of hydrogen-bond donors (Lipinski definition) is 2. The summed E-state index contributed by atoms with van der Waals surface area (Å²) in [5.41, 5.74) is 0. The molecule has 0 aromatic heterocycles. The lowest BCUT2D eigenvalue weighted by atomic mass is 10.1. The average Bonchev–Trinajstić information content (AvgIpc) is 2.48. The molecule has 166 valence electrons. The fourth-order valence-corrected chi connectivity index (χ4v) is 1.45. The van der Waals surface area contributed by atoms with Gasteiger partial charge in [-0.1, -0.05) is 0 Å². The van der Waals surface area contributed by atoms with Gasteiger partial charge in [0.2, 0.25) is 0 Å². The molecule has 0 bridgehead atoms. The summed E-state index contributed by atoms with van der Waals surface area (Å²) >= 11 is 7.52. The predicted molar refractivity (Wildman–Crippen MR) is 67.4 cm³/mol. The van der Waals surface area contributed by atoms with Crippen molar-refractivity contribution in [3.05, 3.63) is 0 Å². The molecule has 0 saturated carbocycles. The van der Waals surface area contributed by atoms with Crippen LogP contribution in [0.3, 0.4) is 0 Å². The molecule has 0 fully saturated rings. The van der Waals surface area contributed by atoms with Crippen molar-refractivity contribution in [3.63, 3.8) is 0 Å². The fourth-order valence-electron chi connectivity index (χ4n) is 1.22. The van der Waals surface area contributed by atoms with E-state index in [1.165, 1.54) is 0 Å². The number of carbonyl (C=O) groups excluding carboxylic acids is 2. The number of amides is 2. The van der Waals surface area contributed by atoms with Gasteiger partial charge in [0, 0.05) is 13.1 Å². The van der Waals surface area contributed by atoms with Crippen molar-refractivity contribution in [3.8, 4) is 0 Å². The zero-order valence-corrected chi connectivity index (χ0v) is 14.0. The highest BCUT2D eigenvalue weighted by molar-refractivity contribution is 6.23. The van der Waals surface area contributed by atoms with E-state index < -0.39 is 59.4 Å². The number of halogens is 14. The van der Waals surface area contributed by atoms with E-state index in [2.05, 4.69) is 23.2 Å². The Morgan fingerprint density at radius 1 is 0.571 bits per heavy atom. The molecule has 0 aromatic rings. The van der Waals surface area contributed by atoms with Crippen LogP contribution in [0.4, 0.5) is 52.7 Å². The summed E-state index contributed by atoms with van der Waals surface area (Å²) in [7, 11) is 0. The molecule has 0 heterocycles. The Bertz CT molecular complexity index is 550. The number of carbonyl (C=O) groups is 2. The van der Waals surface area contributed by atoms with Gasteiger partial charge in [0.25, 0.3) is 11.8 Å². The van der Waals surface area contributed by atoms with Crippen molar-refractivity contribution in [1.82, 2.24) is 10.6 Å². The highest BCUT2D eigenvalue weighted by Gasteiger charge is 2.75. The van der Waals surface area contributed by atoms with Gasteiger partial charge >= 0.3 is 34.5 Å². The highest BCUT2D eigenvalue weighted by Crippen LogP contribution is 2.48. The van der Waals surface area contributed by atoms with Gasteiger partial charge in [0.05, 0.1) is 0 Å². The van der Waals surface area contributed by atoms with Crippen LogP contribution in [0.1, 0.15) is 0 Å². The Morgan fingerprint density at radius 2 is 0.786 bits per heavy atom. The molecule has 0 aliphatic heterocycles. The molecular formula is C10H6Cl2F12N2O2. The zero-order valence-electron chi connectivity index (χ0n) is 12.5. The molecular weight excluding hydrogens is 479 g/mol. The van der Waals surface area contributed by atoms with Crippen molar-refractivity contribution >= 4 is 35.0 Å². The van der Waals surface area contributed by atoms with E-state index in [0.29, 0.717) is 0 Å². The molecule has 4 nitrogen and oxygen atoms in total. The maximum atomic E-state index is 13.0. The summed E-state index contributed by atoms with van der Waals surface area (Å²) in [4.78, 5) is 21.7. The Morgan fingerprint density at radius 3 is 0.964 bits per heavy atom. The number of nitrogens with one attached hydrogen (secondary N) is 2. The molecule has 0 aliphatic rings. The molecule has 0 spiro atoms. The van der Waals surface area contributed by atoms with Gasteiger partial charge in [-0.15, -0.1) is 0 Å². The van der Waals surface area contributed by atoms with Crippen LogP contribution in [-0.2, 0) is 9.59 Å². The number of hydrogen-bond acceptors (Lipinski definition) is 2. The Kier molecular flexibility index (Phi) is 7.47. The second kappa shape index (κ2) is 7.84. The number of rotatable bonds is 9. The van der Waals surface area contributed by atoms with Crippen molar-refractivity contribution in [2.24, 2.45) is 0 Å². The molecule has 28 heavy (non-hydrogen) atoms. The first-order chi connectivity index (χ1) is 12.0. The average molecular weight is 485 g/mol. The lowest BCUT2D eigenvalue weighted by Gasteiger charge is -2.29. The van der Waals surface area contributed by atoms with Gasteiger partial charge in [-0.2, -0.15) is 52.7 Å². The van der Waals surface area contributed by atoms with Crippen LogP contribution in [0.2, 0.25) is 0 Å². The molecule has 0 aliphatic carbocycles. The second-order valence-corrected chi connectivity index (χ2v) is 5.75. The molecule has 0 aromatic carbocycles. The molecule has 0 radical (unpaired) electrons. The van der Waals surface area contributed by atoms with E-state index in [4.69, 9.17) is 0 Å². The summed E-state index contributed by atoms with van der Waals surface area (Å²) in [6, 6.07) is 0. The van der Waals surface area contributed by atoms with E-state index in [0.717, 1.165) is 10.6 Å². The van der Waals surface area contributed by atoms with E-state index >= 15 is 0 Å². The van der Waals surface area contributed by atoms with Crippen molar-refractivity contribution < 1.29 is 62.3 Å². The van der Waals surface area contributed by atoms with Crippen LogP contribution in [0.5, 0.6) is 0 Å². The third-order valence-electron chi connectivity index (χ3n) is 2.77. The van der Waals surface area contributed by atoms with Gasteiger partial charge in [0.15, 0.2) is 0 Å². The summed E-state index contributed by atoms with van der Waals surface area (Å²) in [5.74, 6) is -31.3. The first-order valence-corrected chi connectivity index (χ1v) is 7.02. The van der Waals surface area contributed by atoms with Crippen LogP contribution in [0.15, 0.2) is 0 Å². The minimum Gasteiger partial charge on any atom is -0.349 e. The molecule has 2 N–H and O–H groups in total. The van der Waals surface area contributed by atoms with E-state index in [-0.39, 0.29) is 0 Å². The van der Waals surface area contributed by atoms with Crippen LogP contribution < -0.4 is 10.6 Å². The Hall–Kier alpha value is -1.32. The zero-order chi connectivity index (χ0) is 23.0. The first-order valence-electron chi connectivity index (χ1n) is 6.26. The molecule has 0 rings (SSSR count). The van der Waals surface area contributed by atoms with Gasteiger partial charge < -0.3 is 10.6 Å². The largest absolute Gasteiger partial charge is 0.395 e. The van der Waals surface area contributed by atoms with Crippen molar-refractivity contribution in [1.29, 1.82) is 0 Å². The van der Waals surface area contributed by atoms with E-state index in [9.17, 15) is 62.3 Å². The fraction of sp³-hybridized carbons (Fsp3) is 0.800. The topological polar surface area (TPSA) is 58.2 Å². The third kappa shape index (κ3) is 4.80. The highest BCUT2D eigenvalue weighted by atomic mass is 35.5. The molecule has 0 saturated heterocycles. The Labute approximate surface area is 156 Å². The lowest BCUT2D eigenvalue weighted by Crippen LogP contribution is -2.60. The SMILES string of the molecule is O=C(NCCNC(=O)C(F)(F)C(F)(F)C(F)(F)Cl)C(F)(F)C(F)(F)C(F)(F)Cl. The number of alkyl halides is 14. The monoisotopic (exact) mass is 484 g/mol. The van der Waals surface area contributed by atoms with Gasteiger partial charge in [-0.05, 0) is 23.2 Å². The third-order valence-corrected chi connectivity index (χ3v) is 3.24. The lowest BCUT2D eigenvalue weighted by molar-refractivity contribution is -0.269. The quantitative estimate of drug-likeness (QED) is 0.299. The smallest absolute Gasteiger partial charge is 0.349 e. The first kappa shape index (κ1) is 26.7. The minimum atomic E-state index is -6.41. The van der Waals surface area contributed by atoms with Crippen molar-refractivity contribution in [2.45, 2.75) is 34.5 Å². The predicted octanol–water partition coefficient (Wildman–Crippen LogP) is 3.42. The van der Waals surface area contributed by atoms with Crippen molar-refractivity contribution in [2.75, 3.05) is 13.1 Å². The summed E-state index contributed by atoms with van der Waals surface area (Å²) < 4.78 is 152. The summed E-state index contributed by atoms with van der Waals surface area (Å²) in [5, 5.41) is -10.2. The van der Waals surface area contributed by atoms with Crippen LogP contribution in [0, 0.1) is 0 Å². The normalized spacial score (nSPS) is 14.6. The Balaban J connectivity index is 4.93. The molecule has 2 amide bonds. The van der Waals surface area contributed by atoms with Crippen LogP contribution >= 0.6 is 23.2 Å². The van der Waals surface area contributed by atoms with Crippen LogP contribution in [-0.4, -0.2) is 59.4 Å². The summed E-state index contributed by atoms with van der Waals surface area (Å²) in [6.07, 6.45) is 0. The standard InChI is InChI=1S/C10H6Cl2F12N2O2/c11-9(21,22)7(17,18)5(13,14)3(27)25-1-2-26-4(28)6(15,16)8(19,20)10(12,23)24/h1-2H2,(H,25,27)(H,26,28). The van der Waals surface area contributed by atoms with Gasteiger partial charge in [-0.25, -0.2) is 0 Å². The van der Waals surface area contributed by atoms with E-state index in [1.807, 2.05) is 0 Å². The minimum absolute atomic E-state index is 0.795. The van der Waals surface area contributed by atoms with Gasteiger partial charge in [-0.3, -0.25) is 9.59 Å².